The molecule has 0 aliphatic heterocycles. The number of aryl methyl sites for hydroxylation is 1. The molecule has 0 fully saturated rings. The number of rotatable bonds is 7. The van der Waals surface area contributed by atoms with Crippen LogP contribution in [0.25, 0.3) is 10.8 Å². The first kappa shape index (κ1) is 15.1. The van der Waals surface area contributed by atoms with Crippen LogP contribution in [0.1, 0.15) is 26.2 Å². The van der Waals surface area contributed by atoms with Gasteiger partial charge in [-0.3, -0.25) is 9.59 Å². The van der Waals surface area contributed by atoms with Gasteiger partial charge in [0.05, 0.1) is 13.0 Å². The van der Waals surface area contributed by atoms with E-state index in [1.54, 1.807) is 18.3 Å². The molecule has 0 radical (unpaired) electrons. The van der Waals surface area contributed by atoms with Crippen molar-refractivity contribution in [3.63, 3.8) is 0 Å². The highest BCUT2D eigenvalue weighted by Crippen LogP contribution is 2.18. The van der Waals surface area contributed by atoms with Crippen molar-refractivity contribution in [2.75, 3.05) is 6.61 Å². The zero-order chi connectivity index (χ0) is 15.2. The van der Waals surface area contributed by atoms with E-state index in [1.165, 1.54) is 4.57 Å². The first-order chi connectivity index (χ1) is 10.1. The van der Waals surface area contributed by atoms with Crippen molar-refractivity contribution in [1.82, 2.24) is 4.57 Å². The zero-order valence-corrected chi connectivity index (χ0v) is 12.0. The molecule has 0 saturated heterocycles. The van der Waals surface area contributed by atoms with Gasteiger partial charge in [-0.2, -0.15) is 0 Å². The fourth-order valence-corrected chi connectivity index (χ4v) is 2.08. The summed E-state index contributed by atoms with van der Waals surface area (Å²) in [5, 5.41) is 10.1. The quantitative estimate of drug-likeness (QED) is 0.796. The molecule has 21 heavy (non-hydrogen) atoms. The third-order valence-electron chi connectivity index (χ3n) is 3.28. The van der Waals surface area contributed by atoms with Gasteiger partial charge in [0.25, 0.3) is 5.56 Å². The minimum Gasteiger partial charge on any atom is -0.494 e. The minimum absolute atomic E-state index is 0.0658. The highest BCUT2D eigenvalue weighted by Gasteiger charge is 2.06. The molecular weight excluding hydrogens is 270 g/mol. The number of hydrogen-bond donors (Lipinski definition) is 1. The molecule has 5 heteroatoms. The van der Waals surface area contributed by atoms with E-state index >= 15 is 0 Å². The molecule has 0 aliphatic carbocycles. The largest absolute Gasteiger partial charge is 0.494 e. The Labute approximate surface area is 122 Å². The summed E-state index contributed by atoms with van der Waals surface area (Å²) in [6.07, 6.45) is 3.63. The lowest BCUT2D eigenvalue weighted by Crippen LogP contribution is -2.20. The average molecular weight is 289 g/mol. The molecule has 112 valence electrons. The van der Waals surface area contributed by atoms with Crippen LogP contribution in [0.2, 0.25) is 0 Å². The Kier molecular flexibility index (Phi) is 4.98. The maximum atomic E-state index is 12.2. The van der Waals surface area contributed by atoms with Crippen LogP contribution in [0.3, 0.4) is 0 Å². The number of aromatic nitrogens is 1. The van der Waals surface area contributed by atoms with Gasteiger partial charge in [-0.25, -0.2) is 0 Å². The summed E-state index contributed by atoms with van der Waals surface area (Å²) in [6.45, 7) is 2.94. The summed E-state index contributed by atoms with van der Waals surface area (Å²) in [7, 11) is 0. The zero-order valence-electron chi connectivity index (χ0n) is 12.0. The van der Waals surface area contributed by atoms with Crippen LogP contribution in [0.15, 0.2) is 35.3 Å². The molecule has 0 atom stereocenters. The molecule has 2 aromatic rings. The molecule has 1 N–H and O–H groups in total. The fraction of sp³-hybridized carbons (Fsp3) is 0.375. The van der Waals surface area contributed by atoms with E-state index < -0.39 is 5.97 Å². The maximum Gasteiger partial charge on any atom is 0.305 e. The Balaban J connectivity index is 2.24. The fourth-order valence-electron chi connectivity index (χ4n) is 2.08. The van der Waals surface area contributed by atoms with Crippen LogP contribution < -0.4 is 10.3 Å². The molecule has 0 amide bonds. The second kappa shape index (κ2) is 6.92. The van der Waals surface area contributed by atoms with Crippen LogP contribution in [-0.4, -0.2) is 22.2 Å². The summed E-state index contributed by atoms with van der Waals surface area (Å²) in [5.74, 6) is -0.166. The first-order valence-corrected chi connectivity index (χ1v) is 7.09. The molecule has 0 saturated carbocycles. The van der Waals surface area contributed by atoms with Crippen molar-refractivity contribution < 1.29 is 14.6 Å². The van der Waals surface area contributed by atoms with Crippen molar-refractivity contribution in [3.8, 4) is 5.75 Å². The van der Waals surface area contributed by atoms with Gasteiger partial charge >= 0.3 is 5.97 Å². The number of benzene rings is 1. The summed E-state index contributed by atoms with van der Waals surface area (Å²) in [6, 6.07) is 7.16. The van der Waals surface area contributed by atoms with E-state index in [1.807, 2.05) is 12.1 Å². The van der Waals surface area contributed by atoms with Crippen molar-refractivity contribution in [2.24, 2.45) is 0 Å². The number of aliphatic carboxylic acids is 1. The van der Waals surface area contributed by atoms with Crippen molar-refractivity contribution >= 4 is 16.7 Å². The lowest BCUT2D eigenvalue weighted by Gasteiger charge is -2.08. The summed E-state index contributed by atoms with van der Waals surface area (Å²) < 4.78 is 7.04. The Morgan fingerprint density at radius 1 is 1.33 bits per heavy atom. The number of hydrogen-bond acceptors (Lipinski definition) is 3. The van der Waals surface area contributed by atoms with Gasteiger partial charge in [0.2, 0.25) is 0 Å². The Bertz CT molecular complexity index is 690. The third kappa shape index (κ3) is 3.84. The highest BCUT2D eigenvalue weighted by atomic mass is 16.5. The normalized spacial score (nSPS) is 10.7. The van der Waals surface area contributed by atoms with E-state index in [-0.39, 0.29) is 18.5 Å². The maximum absolute atomic E-state index is 12.2. The molecule has 2 rings (SSSR count). The minimum atomic E-state index is -0.915. The van der Waals surface area contributed by atoms with Crippen LogP contribution in [0, 0.1) is 0 Å². The number of ether oxygens (including phenoxy) is 1. The van der Waals surface area contributed by atoms with Crippen LogP contribution in [-0.2, 0) is 11.3 Å². The number of unbranched alkanes of at least 4 members (excludes halogenated alkanes) is 1. The van der Waals surface area contributed by atoms with Gasteiger partial charge < -0.3 is 14.4 Å². The van der Waals surface area contributed by atoms with E-state index in [0.29, 0.717) is 12.0 Å². The standard InChI is InChI=1S/C16H19NO4/c1-2-3-10-21-13-4-5-14-12(11-13)6-8-17(16(14)20)9-7-15(18)19/h4-6,8,11H,2-3,7,9-10H2,1H3,(H,18,19). The molecule has 1 heterocycles. The van der Waals surface area contributed by atoms with Crippen molar-refractivity contribution in [1.29, 1.82) is 0 Å². The van der Waals surface area contributed by atoms with E-state index in [9.17, 15) is 9.59 Å². The number of fused-ring (bicyclic) bond motifs is 1. The molecule has 0 aliphatic rings. The number of nitrogens with zero attached hydrogens (tertiary/aromatic N) is 1. The van der Waals surface area contributed by atoms with E-state index in [0.717, 1.165) is 24.0 Å². The van der Waals surface area contributed by atoms with Gasteiger partial charge in [0.1, 0.15) is 5.75 Å². The van der Waals surface area contributed by atoms with Gasteiger partial charge in [-0.05, 0) is 36.1 Å². The van der Waals surface area contributed by atoms with Crippen LogP contribution in [0.5, 0.6) is 5.75 Å². The number of pyridine rings is 1. The molecule has 0 bridgehead atoms. The van der Waals surface area contributed by atoms with E-state index in [4.69, 9.17) is 9.84 Å². The predicted molar refractivity (Wildman–Crippen MR) is 80.9 cm³/mol. The van der Waals surface area contributed by atoms with Gasteiger partial charge in [0, 0.05) is 18.1 Å². The van der Waals surface area contributed by atoms with Crippen molar-refractivity contribution in [3.05, 3.63) is 40.8 Å². The molecule has 1 aromatic heterocycles. The molecule has 5 nitrogen and oxygen atoms in total. The molecule has 0 unspecified atom stereocenters. The predicted octanol–water partition coefficient (Wildman–Crippen LogP) is 2.66. The lowest BCUT2D eigenvalue weighted by atomic mass is 10.1. The number of carbonyl (C=O) groups is 1. The SMILES string of the molecule is CCCCOc1ccc2c(=O)n(CCC(=O)O)ccc2c1. The van der Waals surface area contributed by atoms with Gasteiger partial charge in [-0.15, -0.1) is 0 Å². The first-order valence-electron chi connectivity index (χ1n) is 7.09. The Morgan fingerprint density at radius 2 is 2.14 bits per heavy atom. The monoisotopic (exact) mass is 289 g/mol. The van der Waals surface area contributed by atoms with Gasteiger partial charge in [0.15, 0.2) is 0 Å². The van der Waals surface area contributed by atoms with E-state index in [2.05, 4.69) is 6.92 Å². The number of carboxylic acid groups (broad SMARTS) is 1. The summed E-state index contributed by atoms with van der Waals surface area (Å²) in [4.78, 5) is 22.8. The van der Waals surface area contributed by atoms with Crippen LogP contribution in [0.4, 0.5) is 0 Å². The average Bonchev–Trinajstić information content (AvgIpc) is 2.46. The Hall–Kier alpha value is -2.30. The third-order valence-corrected chi connectivity index (χ3v) is 3.28. The smallest absolute Gasteiger partial charge is 0.305 e. The van der Waals surface area contributed by atoms with Gasteiger partial charge in [-0.1, -0.05) is 13.3 Å². The summed E-state index contributed by atoms with van der Waals surface area (Å²) in [5.41, 5.74) is -0.172. The molecular formula is C16H19NO4. The second-order valence-electron chi connectivity index (χ2n) is 4.91. The molecule has 0 spiro atoms. The molecule has 1 aromatic carbocycles. The highest BCUT2D eigenvalue weighted by molar-refractivity contribution is 5.82. The van der Waals surface area contributed by atoms with Crippen molar-refractivity contribution in [2.45, 2.75) is 32.7 Å². The summed E-state index contributed by atoms with van der Waals surface area (Å²) >= 11 is 0. The number of carboxylic acids is 1. The van der Waals surface area contributed by atoms with Crippen LogP contribution >= 0.6 is 0 Å². The second-order valence-corrected chi connectivity index (χ2v) is 4.91. The topological polar surface area (TPSA) is 68.5 Å². The Morgan fingerprint density at radius 3 is 2.86 bits per heavy atom. The lowest BCUT2D eigenvalue weighted by molar-refractivity contribution is -0.137.